The van der Waals surface area contributed by atoms with E-state index in [-0.39, 0.29) is 31.0 Å². The minimum absolute atomic E-state index is 0.0136. The predicted octanol–water partition coefficient (Wildman–Crippen LogP) is 1.95. The number of Topliss-reactive ketones (excluding diaryl/α,β-unsaturated/α-hetero) is 1. The first kappa shape index (κ1) is 17.7. The summed E-state index contributed by atoms with van der Waals surface area (Å²) in [6, 6.07) is 5.32. The maximum Gasteiger partial charge on any atom is 0.303 e. The summed E-state index contributed by atoms with van der Waals surface area (Å²) >= 11 is 0. The van der Waals surface area contributed by atoms with E-state index in [0.29, 0.717) is 24.3 Å². The number of amides is 1. The van der Waals surface area contributed by atoms with Crippen molar-refractivity contribution in [2.75, 3.05) is 13.7 Å². The second-order valence-corrected chi connectivity index (χ2v) is 4.97. The third-order valence-corrected chi connectivity index (χ3v) is 3.12. The van der Waals surface area contributed by atoms with Crippen LogP contribution in [0.5, 0.6) is 5.75 Å². The van der Waals surface area contributed by atoms with Crippen LogP contribution in [-0.2, 0) is 9.59 Å². The zero-order valence-electron chi connectivity index (χ0n) is 12.8. The van der Waals surface area contributed by atoms with Crippen LogP contribution in [0.15, 0.2) is 18.2 Å². The van der Waals surface area contributed by atoms with E-state index in [1.54, 1.807) is 12.1 Å². The monoisotopic (exact) mass is 307 g/mol. The van der Waals surface area contributed by atoms with Gasteiger partial charge in [-0.2, -0.15) is 0 Å². The number of carboxylic acid groups (broad SMARTS) is 1. The highest BCUT2D eigenvalue weighted by molar-refractivity contribution is 6.00. The second kappa shape index (κ2) is 8.81. The number of carbonyl (C=O) groups is 3. The first-order chi connectivity index (χ1) is 10.4. The van der Waals surface area contributed by atoms with Crippen molar-refractivity contribution in [1.29, 1.82) is 0 Å². The Bertz CT molecular complexity index is 553. The molecular formula is C16H21NO5. The largest absolute Gasteiger partial charge is 0.496 e. The quantitative estimate of drug-likeness (QED) is 0.537. The SMILES string of the molecule is COc1ccc(C)cc1C(=O)CCC(=O)NCCCC(=O)O. The Balaban J connectivity index is 2.44. The summed E-state index contributed by atoms with van der Waals surface area (Å²) in [4.78, 5) is 34.1. The molecule has 0 unspecified atom stereocenters. The molecule has 0 radical (unpaired) electrons. The van der Waals surface area contributed by atoms with Crippen molar-refractivity contribution >= 4 is 17.7 Å². The van der Waals surface area contributed by atoms with Crippen molar-refractivity contribution in [3.05, 3.63) is 29.3 Å². The van der Waals surface area contributed by atoms with Gasteiger partial charge in [0, 0.05) is 25.8 Å². The fraction of sp³-hybridized carbons (Fsp3) is 0.438. The van der Waals surface area contributed by atoms with Crippen molar-refractivity contribution in [2.24, 2.45) is 0 Å². The predicted molar refractivity (Wildman–Crippen MR) is 81.2 cm³/mol. The van der Waals surface area contributed by atoms with Gasteiger partial charge in [0.05, 0.1) is 12.7 Å². The molecule has 2 N–H and O–H groups in total. The Morgan fingerprint density at radius 2 is 1.91 bits per heavy atom. The van der Waals surface area contributed by atoms with Gasteiger partial charge in [-0.05, 0) is 25.5 Å². The number of hydrogen-bond acceptors (Lipinski definition) is 4. The number of carbonyl (C=O) groups excluding carboxylic acids is 2. The molecule has 6 heteroatoms. The molecule has 0 atom stereocenters. The Morgan fingerprint density at radius 1 is 1.18 bits per heavy atom. The number of aryl methyl sites for hydroxylation is 1. The first-order valence-electron chi connectivity index (χ1n) is 7.10. The average Bonchev–Trinajstić information content (AvgIpc) is 2.49. The summed E-state index contributed by atoms with van der Waals surface area (Å²) in [5, 5.41) is 11.1. The molecule has 0 fully saturated rings. The summed E-state index contributed by atoms with van der Waals surface area (Å²) in [6.45, 7) is 2.18. The van der Waals surface area contributed by atoms with Crippen molar-refractivity contribution in [2.45, 2.75) is 32.6 Å². The first-order valence-corrected chi connectivity index (χ1v) is 7.10. The molecule has 0 aliphatic heterocycles. The number of rotatable bonds is 9. The molecular weight excluding hydrogens is 286 g/mol. The Labute approximate surface area is 129 Å². The third kappa shape index (κ3) is 5.95. The van der Waals surface area contributed by atoms with Crippen LogP contribution in [0.25, 0.3) is 0 Å². The van der Waals surface area contributed by atoms with Crippen LogP contribution >= 0.6 is 0 Å². The smallest absolute Gasteiger partial charge is 0.303 e. The van der Waals surface area contributed by atoms with Gasteiger partial charge in [0.25, 0.3) is 0 Å². The fourth-order valence-electron chi connectivity index (χ4n) is 1.96. The van der Waals surface area contributed by atoms with Crippen LogP contribution in [0.4, 0.5) is 0 Å². The third-order valence-electron chi connectivity index (χ3n) is 3.12. The van der Waals surface area contributed by atoms with Gasteiger partial charge in [0.15, 0.2) is 5.78 Å². The summed E-state index contributed by atoms with van der Waals surface area (Å²) in [7, 11) is 1.50. The minimum atomic E-state index is -0.893. The number of ketones is 1. The summed E-state index contributed by atoms with van der Waals surface area (Å²) < 4.78 is 5.15. The second-order valence-electron chi connectivity index (χ2n) is 4.97. The Kier molecular flexibility index (Phi) is 7.08. The lowest BCUT2D eigenvalue weighted by atomic mass is 10.0. The van der Waals surface area contributed by atoms with E-state index < -0.39 is 5.97 Å². The molecule has 1 aromatic carbocycles. The van der Waals surface area contributed by atoms with Crippen molar-refractivity contribution in [1.82, 2.24) is 5.32 Å². The van der Waals surface area contributed by atoms with Crippen LogP contribution in [0.3, 0.4) is 0 Å². The van der Waals surface area contributed by atoms with Gasteiger partial charge in [0.1, 0.15) is 5.75 Å². The van der Waals surface area contributed by atoms with E-state index in [9.17, 15) is 14.4 Å². The molecule has 6 nitrogen and oxygen atoms in total. The highest BCUT2D eigenvalue weighted by Gasteiger charge is 2.14. The van der Waals surface area contributed by atoms with E-state index in [1.165, 1.54) is 7.11 Å². The number of carboxylic acids is 1. The molecule has 0 bridgehead atoms. The van der Waals surface area contributed by atoms with Crippen molar-refractivity contribution in [3.63, 3.8) is 0 Å². The number of ether oxygens (including phenoxy) is 1. The number of methoxy groups -OCH3 is 1. The molecule has 0 heterocycles. The summed E-state index contributed by atoms with van der Waals surface area (Å²) in [5.74, 6) is -0.806. The van der Waals surface area contributed by atoms with E-state index in [4.69, 9.17) is 9.84 Å². The molecule has 120 valence electrons. The molecule has 1 rings (SSSR count). The number of benzene rings is 1. The Hall–Kier alpha value is -2.37. The topological polar surface area (TPSA) is 92.7 Å². The molecule has 0 spiro atoms. The number of aliphatic carboxylic acids is 1. The molecule has 1 aromatic rings. The van der Waals surface area contributed by atoms with Crippen LogP contribution < -0.4 is 10.1 Å². The maximum absolute atomic E-state index is 12.2. The molecule has 0 aliphatic rings. The fourth-order valence-corrected chi connectivity index (χ4v) is 1.96. The van der Waals surface area contributed by atoms with E-state index >= 15 is 0 Å². The maximum atomic E-state index is 12.2. The van der Waals surface area contributed by atoms with Gasteiger partial charge < -0.3 is 15.2 Å². The zero-order valence-corrected chi connectivity index (χ0v) is 12.8. The van der Waals surface area contributed by atoms with Gasteiger partial charge in [0.2, 0.25) is 5.91 Å². The molecule has 0 saturated heterocycles. The molecule has 22 heavy (non-hydrogen) atoms. The van der Waals surface area contributed by atoms with Gasteiger partial charge >= 0.3 is 5.97 Å². The lowest BCUT2D eigenvalue weighted by molar-refractivity contribution is -0.137. The van der Waals surface area contributed by atoms with E-state index in [2.05, 4.69) is 5.32 Å². The average molecular weight is 307 g/mol. The highest BCUT2D eigenvalue weighted by Crippen LogP contribution is 2.21. The number of hydrogen-bond donors (Lipinski definition) is 2. The molecule has 1 amide bonds. The van der Waals surface area contributed by atoms with Crippen molar-refractivity contribution in [3.8, 4) is 5.75 Å². The normalized spacial score (nSPS) is 10.1. The van der Waals surface area contributed by atoms with Gasteiger partial charge in [-0.1, -0.05) is 11.6 Å². The number of nitrogens with one attached hydrogen (secondary N) is 1. The van der Waals surface area contributed by atoms with Gasteiger partial charge in [-0.15, -0.1) is 0 Å². The summed E-state index contributed by atoms with van der Waals surface area (Å²) in [6.07, 6.45) is 0.550. The standard InChI is InChI=1S/C16H21NO5/c1-11-5-7-14(22-2)12(10-11)13(18)6-8-15(19)17-9-3-4-16(20)21/h5,7,10H,3-4,6,8-9H2,1-2H3,(H,17,19)(H,20,21). The van der Waals surface area contributed by atoms with E-state index in [1.807, 2.05) is 13.0 Å². The Morgan fingerprint density at radius 3 is 2.55 bits per heavy atom. The van der Waals surface area contributed by atoms with E-state index in [0.717, 1.165) is 5.56 Å². The molecule has 0 saturated carbocycles. The molecule has 0 aromatic heterocycles. The minimum Gasteiger partial charge on any atom is -0.496 e. The van der Waals surface area contributed by atoms with Gasteiger partial charge in [-0.3, -0.25) is 14.4 Å². The van der Waals surface area contributed by atoms with Gasteiger partial charge in [-0.25, -0.2) is 0 Å². The van der Waals surface area contributed by atoms with Crippen LogP contribution in [0, 0.1) is 6.92 Å². The lowest BCUT2D eigenvalue weighted by Gasteiger charge is -2.09. The lowest BCUT2D eigenvalue weighted by Crippen LogP contribution is -2.25. The van der Waals surface area contributed by atoms with Crippen LogP contribution in [-0.4, -0.2) is 36.4 Å². The molecule has 0 aliphatic carbocycles. The summed E-state index contributed by atoms with van der Waals surface area (Å²) in [5.41, 5.74) is 1.42. The zero-order chi connectivity index (χ0) is 16.5. The van der Waals surface area contributed by atoms with Crippen LogP contribution in [0.2, 0.25) is 0 Å². The van der Waals surface area contributed by atoms with Crippen molar-refractivity contribution < 1.29 is 24.2 Å². The highest BCUT2D eigenvalue weighted by atomic mass is 16.5. The van der Waals surface area contributed by atoms with Crippen LogP contribution in [0.1, 0.15) is 41.6 Å².